The van der Waals surface area contributed by atoms with Crippen LogP contribution in [0.2, 0.25) is 0 Å². The molecule has 1 heterocycles. The third-order valence-corrected chi connectivity index (χ3v) is 6.31. The number of amides is 1. The molecule has 0 aliphatic rings. The van der Waals surface area contributed by atoms with Gasteiger partial charge in [0.05, 0.1) is 28.7 Å². The SMILES string of the molecule is Cc1ncsc1-c1ccc(CN[S+]([O-])CCC(O)CNC(=O)CC(C)(C)C)cc1. The number of hydrogen-bond acceptors (Lipinski definition) is 6. The van der Waals surface area contributed by atoms with E-state index < -0.39 is 17.5 Å². The molecular weight excluding hydrogens is 406 g/mol. The predicted molar refractivity (Wildman–Crippen MR) is 120 cm³/mol. The molecule has 1 amide bonds. The fourth-order valence-electron chi connectivity index (χ4n) is 2.71. The molecule has 2 rings (SSSR count). The van der Waals surface area contributed by atoms with E-state index in [0.717, 1.165) is 21.7 Å². The summed E-state index contributed by atoms with van der Waals surface area (Å²) in [6.07, 6.45) is 0.0692. The van der Waals surface area contributed by atoms with Gasteiger partial charge in [-0.05, 0) is 23.5 Å². The van der Waals surface area contributed by atoms with E-state index in [2.05, 4.69) is 15.0 Å². The Bertz CT molecular complexity index is 772. The van der Waals surface area contributed by atoms with Gasteiger partial charge in [-0.2, -0.15) is 0 Å². The first-order valence-electron chi connectivity index (χ1n) is 9.70. The smallest absolute Gasteiger partial charge is 0.220 e. The number of carbonyl (C=O) groups excluding carboxylic acids is 1. The van der Waals surface area contributed by atoms with Crippen molar-refractivity contribution in [2.24, 2.45) is 5.41 Å². The van der Waals surface area contributed by atoms with Gasteiger partial charge in [-0.1, -0.05) is 45.0 Å². The second kappa shape index (κ2) is 11.1. The van der Waals surface area contributed by atoms with Crippen LogP contribution in [0.3, 0.4) is 0 Å². The maximum absolute atomic E-state index is 12.1. The second-order valence-corrected chi connectivity index (χ2v) is 10.6. The van der Waals surface area contributed by atoms with Crippen LogP contribution in [0.25, 0.3) is 10.4 Å². The van der Waals surface area contributed by atoms with Gasteiger partial charge in [-0.15, -0.1) is 16.1 Å². The maximum Gasteiger partial charge on any atom is 0.220 e. The Hall–Kier alpha value is -1.45. The zero-order chi connectivity index (χ0) is 21.4. The van der Waals surface area contributed by atoms with Crippen molar-refractivity contribution in [3.8, 4) is 10.4 Å². The van der Waals surface area contributed by atoms with Crippen molar-refractivity contribution in [2.45, 2.75) is 53.2 Å². The molecule has 160 valence electrons. The largest absolute Gasteiger partial charge is 0.598 e. The summed E-state index contributed by atoms with van der Waals surface area (Å²) in [5, 5.41) is 12.7. The summed E-state index contributed by atoms with van der Waals surface area (Å²) in [6.45, 7) is 8.65. The molecule has 1 aromatic carbocycles. The number of nitrogens with zero attached hydrogens (tertiary/aromatic N) is 1. The van der Waals surface area contributed by atoms with E-state index >= 15 is 0 Å². The highest BCUT2D eigenvalue weighted by atomic mass is 32.2. The molecule has 2 unspecified atom stereocenters. The lowest BCUT2D eigenvalue weighted by Crippen LogP contribution is -2.36. The summed E-state index contributed by atoms with van der Waals surface area (Å²) in [6, 6.07) is 8.12. The number of aryl methyl sites for hydroxylation is 1. The van der Waals surface area contributed by atoms with E-state index in [1.165, 1.54) is 0 Å². The first kappa shape index (κ1) is 23.8. The minimum atomic E-state index is -1.24. The molecule has 0 saturated heterocycles. The van der Waals surface area contributed by atoms with E-state index in [-0.39, 0.29) is 17.9 Å². The topological polar surface area (TPSA) is 97.3 Å². The molecule has 0 bridgehead atoms. The molecule has 0 aliphatic carbocycles. The normalized spacial score (nSPS) is 13.9. The summed E-state index contributed by atoms with van der Waals surface area (Å²) in [5.74, 6) is 0.252. The average Bonchev–Trinajstić information content (AvgIpc) is 3.08. The molecule has 6 nitrogen and oxygen atoms in total. The highest BCUT2D eigenvalue weighted by molar-refractivity contribution is 7.89. The van der Waals surface area contributed by atoms with E-state index in [0.29, 0.717) is 25.1 Å². The molecule has 2 aromatic rings. The van der Waals surface area contributed by atoms with Crippen molar-refractivity contribution in [1.82, 2.24) is 15.0 Å². The van der Waals surface area contributed by atoms with Gasteiger partial charge in [0.1, 0.15) is 5.75 Å². The van der Waals surface area contributed by atoms with Crippen molar-refractivity contribution in [3.05, 3.63) is 41.0 Å². The molecule has 29 heavy (non-hydrogen) atoms. The quantitative estimate of drug-likeness (QED) is 0.496. The van der Waals surface area contributed by atoms with Crippen LogP contribution in [0, 0.1) is 12.3 Å². The van der Waals surface area contributed by atoms with Crippen molar-refractivity contribution in [2.75, 3.05) is 12.3 Å². The van der Waals surface area contributed by atoms with E-state index in [1.807, 2.05) is 57.5 Å². The Morgan fingerprint density at radius 3 is 2.59 bits per heavy atom. The van der Waals surface area contributed by atoms with Gasteiger partial charge in [0.25, 0.3) is 0 Å². The number of carbonyl (C=O) groups is 1. The highest BCUT2D eigenvalue weighted by Crippen LogP contribution is 2.27. The van der Waals surface area contributed by atoms with Crippen LogP contribution in [0.4, 0.5) is 0 Å². The molecule has 0 spiro atoms. The minimum Gasteiger partial charge on any atom is -0.598 e. The maximum atomic E-state index is 12.1. The summed E-state index contributed by atoms with van der Waals surface area (Å²) < 4.78 is 15.1. The number of hydrogen-bond donors (Lipinski definition) is 3. The number of nitrogens with one attached hydrogen (secondary N) is 2. The Kier molecular flexibility index (Phi) is 9.10. The first-order chi connectivity index (χ1) is 13.6. The Balaban J connectivity index is 1.67. The minimum absolute atomic E-state index is 0.0761. The van der Waals surface area contributed by atoms with Crippen LogP contribution >= 0.6 is 11.3 Å². The Labute approximate surface area is 180 Å². The molecule has 3 N–H and O–H groups in total. The summed E-state index contributed by atoms with van der Waals surface area (Å²) >= 11 is 0.378. The summed E-state index contributed by atoms with van der Waals surface area (Å²) in [7, 11) is 0. The van der Waals surface area contributed by atoms with Crippen LogP contribution in [0.5, 0.6) is 0 Å². The van der Waals surface area contributed by atoms with Crippen molar-refractivity contribution in [1.29, 1.82) is 0 Å². The number of rotatable bonds is 10. The van der Waals surface area contributed by atoms with Crippen molar-refractivity contribution >= 4 is 28.6 Å². The molecule has 0 fully saturated rings. The van der Waals surface area contributed by atoms with Gasteiger partial charge in [-0.3, -0.25) is 4.79 Å². The van der Waals surface area contributed by atoms with Gasteiger partial charge in [0.2, 0.25) is 5.91 Å². The van der Waals surface area contributed by atoms with Crippen LogP contribution in [-0.2, 0) is 22.7 Å². The number of aliphatic hydroxyl groups excluding tert-OH is 1. The molecular formula is C21H31N3O3S2. The van der Waals surface area contributed by atoms with Crippen LogP contribution < -0.4 is 10.0 Å². The lowest BCUT2D eigenvalue weighted by Gasteiger charge is -2.18. The molecule has 0 aliphatic heterocycles. The third kappa shape index (κ3) is 8.84. The lowest BCUT2D eigenvalue weighted by molar-refractivity contribution is -0.123. The molecule has 0 radical (unpaired) electrons. The fourth-order valence-corrected chi connectivity index (χ4v) is 4.48. The number of benzene rings is 1. The molecule has 0 saturated carbocycles. The van der Waals surface area contributed by atoms with E-state index in [4.69, 9.17) is 0 Å². The number of thiazole rings is 1. The van der Waals surface area contributed by atoms with E-state index in [1.54, 1.807) is 11.3 Å². The van der Waals surface area contributed by atoms with Crippen LogP contribution in [0.1, 0.15) is 44.9 Å². The number of aromatic nitrogens is 1. The predicted octanol–water partition coefficient (Wildman–Crippen LogP) is 3.18. The van der Waals surface area contributed by atoms with Crippen LogP contribution in [-0.4, -0.2) is 39.0 Å². The van der Waals surface area contributed by atoms with Gasteiger partial charge in [0.15, 0.2) is 0 Å². The molecule has 2 atom stereocenters. The van der Waals surface area contributed by atoms with Gasteiger partial charge < -0.3 is 15.0 Å². The standard InChI is InChI=1S/C21H31N3O3S2/c1-15-20(28-14-23-15)17-7-5-16(6-8-17)12-24-29(27)10-9-18(25)13-22-19(26)11-21(2,3)4/h5-8,14,18,24-25H,9-13H2,1-4H3,(H,22,26). The van der Waals surface area contributed by atoms with E-state index in [9.17, 15) is 14.5 Å². The first-order valence-corrected chi connectivity index (χ1v) is 11.9. The van der Waals surface area contributed by atoms with Gasteiger partial charge in [-0.25, -0.2) is 4.98 Å². The molecule has 1 aromatic heterocycles. The summed E-state index contributed by atoms with van der Waals surface area (Å²) in [5.41, 5.74) is 4.95. The monoisotopic (exact) mass is 437 g/mol. The van der Waals surface area contributed by atoms with Gasteiger partial charge in [0, 0.05) is 30.7 Å². The highest BCUT2D eigenvalue weighted by Gasteiger charge is 2.17. The Morgan fingerprint density at radius 2 is 2.00 bits per heavy atom. The second-order valence-electron chi connectivity index (χ2n) is 8.32. The Morgan fingerprint density at radius 1 is 1.31 bits per heavy atom. The average molecular weight is 438 g/mol. The lowest BCUT2D eigenvalue weighted by atomic mass is 9.92. The van der Waals surface area contributed by atoms with Crippen LogP contribution in [0.15, 0.2) is 29.8 Å². The summed E-state index contributed by atoms with van der Waals surface area (Å²) in [4.78, 5) is 17.2. The van der Waals surface area contributed by atoms with Gasteiger partial charge >= 0.3 is 0 Å². The van der Waals surface area contributed by atoms with Crippen molar-refractivity contribution in [3.63, 3.8) is 0 Å². The molecule has 8 heteroatoms. The zero-order valence-electron chi connectivity index (χ0n) is 17.5. The third-order valence-electron chi connectivity index (χ3n) is 4.26. The van der Waals surface area contributed by atoms with Crippen molar-refractivity contribution < 1.29 is 14.5 Å². The number of aliphatic hydroxyl groups is 1. The fraction of sp³-hybridized carbons (Fsp3) is 0.524. The zero-order valence-corrected chi connectivity index (χ0v) is 19.2.